The van der Waals surface area contributed by atoms with E-state index in [2.05, 4.69) is 15.5 Å². The van der Waals surface area contributed by atoms with E-state index in [-0.39, 0.29) is 30.2 Å². The van der Waals surface area contributed by atoms with Crippen LogP contribution in [-0.4, -0.2) is 39.4 Å². The standard InChI is InChI=1S/C19H19ClN4O3S2/c20-12-7-5-11(6-8-12)10-28-19-23-22-18(29-19)21-15(25)9-24-16(26)13-3-1-2-4-14(13)17(24)27/h5-8,13-14H,1-4,9-10H2,(H,21,22,25)/t13-,14+. The molecule has 1 aromatic carbocycles. The molecule has 1 aliphatic carbocycles. The van der Waals surface area contributed by atoms with Crippen LogP contribution in [0, 0.1) is 11.8 Å². The van der Waals surface area contributed by atoms with Crippen LogP contribution >= 0.6 is 34.7 Å². The number of benzene rings is 1. The molecule has 2 heterocycles. The molecule has 1 N–H and O–H groups in total. The van der Waals surface area contributed by atoms with E-state index < -0.39 is 5.91 Å². The monoisotopic (exact) mass is 450 g/mol. The van der Waals surface area contributed by atoms with Gasteiger partial charge in [-0.3, -0.25) is 24.6 Å². The van der Waals surface area contributed by atoms with Gasteiger partial charge < -0.3 is 0 Å². The average molecular weight is 451 g/mol. The summed E-state index contributed by atoms with van der Waals surface area (Å²) >= 11 is 8.65. The fourth-order valence-electron chi connectivity index (χ4n) is 3.73. The van der Waals surface area contributed by atoms with Crippen molar-refractivity contribution in [2.45, 2.75) is 35.8 Å². The first kappa shape index (κ1) is 20.3. The Balaban J connectivity index is 1.30. The number of anilines is 1. The normalized spacial score (nSPS) is 21.3. The van der Waals surface area contributed by atoms with E-state index in [0.29, 0.717) is 15.9 Å². The maximum absolute atomic E-state index is 12.5. The number of rotatable bonds is 6. The van der Waals surface area contributed by atoms with Crippen molar-refractivity contribution in [1.82, 2.24) is 15.1 Å². The van der Waals surface area contributed by atoms with Crippen LogP contribution in [0.5, 0.6) is 0 Å². The molecule has 4 rings (SSSR count). The largest absolute Gasteiger partial charge is 0.299 e. The minimum Gasteiger partial charge on any atom is -0.299 e. The summed E-state index contributed by atoms with van der Waals surface area (Å²) < 4.78 is 0.717. The molecule has 2 atom stereocenters. The maximum Gasteiger partial charge on any atom is 0.246 e. The predicted octanol–water partition coefficient (Wildman–Crippen LogP) is 3.60. The smallest absolute Gasteiger partial charge is 0.246 e. The van der Waals surface area contributed by atoms with Crippen LogP contribution in [0.15, 0.2) is 28.6 Å². The van der Waals surface area contributed by atoms with Gasteiger partial charge in [0, 0.05) is 10.8 Å². The molecular formula is C19H19ClN4O3S2. The maximum atomic E-state index is 12.5. The molecule has 2 fully saturated rings. The molecule has 1 saturated carbocycles. The second-order valence-electron chi connectivity index (χ2n) is 7.10. The number of hydrogen-bond acceptors (Lipinski definition) is 7. The fourth-order valence-corrected chi connectivity index (χ4v) is 5.58. The van der Waals surface area contributed by atoms with E-state index >= 15 is 0 Å². The highest BCUT2D eigenvalue weighted by molar-refractivity contribution is 8.00. The van der Waals surface area contributed by atoms with E-state index in [0.717, 1.165) is 40.5 Å². The summed E-state index contributed by atoms with van der Waals surface area (Å²) in [6.45, 7) is -0.266. The third kappa shape index (κ3) is 4.62. The fraction of sp³-hybridized carbons (Fsp3) is 0.421. The second-order valence-corrected chi connectivity index (χ2v) is 9.73. The average Bonchev–Trinajstić information content (AvgIpc) is 3.26. The Morgan fingerprint density at radius 3 is 2.45 bits per heavy atom. The summed E-state index contributed by atoms with van der Waals surface area (Å²) in [5.41, 5.74) is 1.10. The van der Waals surface area contributed by atoms with Gasteiger partial charge in [0.1, 0.15) is 6.54 Å². The zero-order chi connectivity index (χ0) is 20.4. The number of aromatic nitrogens is 2. The lowest BCUT2D eigenvalue weighted by Crippen LogP contribution is -2.38. The summed E-state index contributed by atoms with van der Waals surface area (Å²) in [6, 6.07) is 7.56. The van der Waals surface area contributed by atoms with E-state index in [1.807, 2.05) is 24.3 Å². The van der Waals surface area contributed by atoms with E-state index in [1.54, 1.807) is 0 Å². The molecule has 2 aromatic rings. The van der Waals surface area contributed by atoms with Crippen molar-refractivity contribution in [1.29, 1.82) is 0 Å². The minimum absolute atomic E-state index is 0.216. The predicted molar refractivity (Wildman–Crippen MR) is 112 cm³/mol. The van der Waals surface area contributed by atoms with Crippen molar-refractivity contribution in [3.63, 3.8) is 0 Å². The van der Waals surface area contributed by atoms with Gasteiger partial charge in [0.2, 0.25) is 22.9 Å². The van der Waals surface area contributed by atoms with Crippen LogP contribution in [-0.2, 0) is 20.1 Å². The Bertz CT molecular complexity index is 910. The first-order chi connectivity index (χ1) is 14.0. The van der Waals surface area contributed by atoms with Crippen LogP contribution in [0.25, 0.3) is 0 Å². The Labute approximate surface area is 181 Å². The van der Waals surface area contributed by atoms with E-state index in [9.17, 15) is 14.4 Å². The number of hydrogen-bond donors (Lipinski definition) is 1. The summed E-state index contributed by atoms with van der Waals surface area (Å²) in [4.78, 5) is 38.4. The molecule has 1 aromatic heterocycles. The van der Waals surface area contributed by atoms with Gasteiger partial charge in [-0.15, -0.1) is 10.2 Å². The highest BCUT2D eigenvalue weighted by atomic mass is 35.5. The molecule has 0 spiro atoms. The van der Waals surface area contributed by atoms with Gasteiger partial charge >= 0.3 is 0 Å². The molecule has 10 heteroatoms. The van der Waals surface area contributed by atoms with Gasteiger partial charge in [-0.2, -0.15) is 0 Å². The summed E-state index contributed by atoms with van der Waals surface area (Å²) in [7, 11) is 0. The highest BCUT2D eigenvalue weighted by Gasteiger charge is 2.48. The SMILES string of the molecule is O=C(CN1C(=O)[C@H]2CCCC[C@H]2C1=O)Nc1nnc(SCc2ccc(Cl)cc2)s1. The van der Waals surface area contributed by atoms with Gasteiger partial charge in [0.15, 0.2) is 4.34 Å². The molecule has 1 aliphatic heterocycles. The molecule has 3 amide bonds. The molecule has 2 aliphatic rings. The lowest BCUT2D eigenvalue weighted by molar-refractivity contribution is -0.142. The number of nitrogens with one attached hydrogen (secondary N) is 1. The van der Waals surface area contributed by atoms with Crippen LogP contribution < -0.4 is 5.32 Å². The highest BCUT2D eigenvalue weighted by Crippen LogP contribution is 2.38. The molecule has 0 unspecified atom stereocenters. The zero-order valence-electron chi connectivity index (χ0n) is 15.5. The molecule has 0 radical (unpaired) electrons. The van der Waals surface area contributed by atoms with Gasteiger partial charge in [0.05, 0.1) is 11.8 Å². The topological polar surface area (TPSA) is 92.3 Å². The number of likely N-dealkylation sites (tertiary alicyclic amines) is 1. The summed E-state index contributed by atoms with van der Waals surface area (Å²) in [5, 5.41) is 11.7. The number of nitrogens with zero attached hydrogens (tertiary/aromatic N) is 3. The quantitative estimate of drug-likeness (QED) is 0.410. The van der Waals surface area contributed by atoms with Crippen molar-refractivity contribution >= 4 is 57.6 Å². The van der Waals surface area contributed by atoms with Crippen LogP contribution in [0.3, 0.4) is 0 Å². The zero-order valence-corrected chi connectivity index (χ0v) is 17.9. The molecule has 152 valence electrons. The minimum atomic E-state index is -0.434. The Morgan fingerprint density at radius 2 is 1.79 bits per heavy atom. The molecular weight excluding hydrogens is 432 g/mol. The Hall–Kier alpha value is -1.97. The Kier molecular flexibility index (Phi) is 6.17. The van der Waals surface area contributed by atoms with Crippen molar-refractivity contribution in [3.05, 3.63) is 34.9 Å². The Morgan fingerprint density at radius 1 is 1.14 bits per heavy atom. The molecule has 1 saturated heterocycles. The second kappa shape index (κ2) is 8.81. The van der Waals surface area contributed by atoms with Crippen LogP contribution in [0.4, 0.5) is 5.13 Å². The van der Waals surface area contributed by atoms with Crippen LogP contribution in [0.2, 0.25) is 5.02 Å². The molecule has 29 heavy (non-hydrogen) atoms. The third-order valence-corrected chi connectivity index (χ3v) is 7.46. The van der Waals surface area contributed by atoms with Crippen molar-refractivity contribution < 1.29 is 14.4 Å². The molecule has 0 bridgehead atoms. The number of fused-ring (bicyclic) bond motifs is 1. The number of halogens is 1. The van der Waals surface area contributed by atoms with E-state index in [4.69, 9.17) is 11.6 Å². The van der Waals surface area contributed by atoms with Crippen molar-refractivity contribution in [3.8, 4) is 0 Å². The lowest BCUT2D eigenvalue weighted by atomic mass is 9.81. The number of thioether (sulfide) groups is 1. The number of amides is 3. The summed E-state index contributed by atoms with van der Waals surface area (Å²) in [6.07, 6.45) is 3.39. The van der Waals surface area contributed by atoms with Crippen molar-refractivity contribution in [2.75, 3.05) is 11.9 Å². The summed E-state index contributed by atoms with van der Waals surface area (Å²) in [5.74, 6) is -0.657. The number of carbonyl (C=O) groups is 3. The lowest BCUT2D eigenvalue weighted by Gasteiger charge is -2.19. The van der Waals surface area contributed by atoms with Gasteiger partial charge in [-0.05, 0) is 30.5 Å². The van der Waals surface area contributed by atoms with Crippen LogP contribution in [0.1, 0.15) is 31.2 Å². The molecule has 7 nitrogen and oxygen atoms in total. The third-order valence-electron chi connectivity index (χ3n) is 5.16. The van der Waals surface area contributed by atoms with Gasteiger partial charge in [-0.25, -0.2) is 0 Å². The van der Waals surface area contributed by atoms with Crippen molar-refractivity contribution in [2.24, 2.45) is 11.8 Å². The van der Waals surface area contributed by atoms with E-state index in [1.165, 1.54) is 23.1 Å². The van der Waals surface area contributed by atoms with Gasteiger partial charge in [0.25, 0.3) is 0 Å². The number of imide groups is 1. The first-order valence-electron chi connectivity index (χ1n) is 9.37. The first-order valence-corrected chi connectivity index (χ1v) is 11.5. The number of carbonyl (C=O) groups excluding carboxylic acids is 3. The van der Waals surface area contributed by atoms with Gasteiger partial charge in [-0.1, -0.05) is 59.7 Å².